The van der Waals surface area contributed by atoms with Gasteiger partial charge in [0.25, 0.3) is 5.91 Å². The molecule has 0 aromatic carbocycles. The Bertz CT molecular complexity index is 549. The highest BCUT2D eigenvalue weighted by Crippen LogP contribution is 2.30. The van der Waals surface area contributed by atoms with Gasteiger partial charge in [-0.05, 0) is 6.42 Å². The van der Waals surface area contributed by atoms with Crippen molar-refractivity contribution in [2.75, 3.05) is 19.8 Å². The normalized spacial score (nSPS) is 43.2. The van der Waals surface area contributed by atoms with Crippen LogP contribution < -0.4 is 5.32 Å². The minimum absolute atomic E-state index is 0.271. The predicted molar refractivity (Wildman–Crippen MR) is 95.7 cm³/mol. The highest BCUT2D eigenvalue weighted by atomic mass is 16.7. The number of carbonyl (C=O) groups excluding carboxylic acids is 1. The van der Waals surface area contributed by atoms with Crippen LogP contribution in [0, 0.1) is 0 Å². The maximum atomic E-state index is 12.0. The second-order valence-electron chi connectivity index (χ2n) is 7.34. The Morgan fingerprint density at radius 3 is 2.13 bits per heavy atom. The van der Waals surface area contributed by atoms with Gasteiger partial charge in [0.1, 0.15) is 54.9 Å². The number of aliphatic hydroxyl groups excluding tert-OH is 8. The zero-order valence-corrected chi connectivity index (χ0v) is 16.4. The number of rotatable bonds is 8. The van der Waals surface area contributed by atoms with Crippen molar-refractivity contribution in [1.29, 1.82) is 0 Å². The predicted octanol–water partition coefficient (Wildman–Crippen LogP) is -5.46. The Balaban J connectivity index is 2.12. The largest absolute Gasteiger partial charge is 0.394 e. The van der Waals surface area contributed by atoms with Gasteiger partial charge < -0.3 is 60.4 Å². The molecule has 0 spiro atoms. The molecule has 0 aliphatic carbocycles. The third kappa shape index (κ3) is 5.26. The highest BCUT2D eigenvalue weighted by molar-refractivity contribution is 5.81. The van der Waals surface area contributed by atoms with E-state index in [-0.39, 0.29) is 6.54 Å². The topological polar surface area (TPSA) is 219 Å². The summed E-state index contributed by atoms with van der Waals surface area (Å²) in [5, 5.41) is 82.0. The van der Waals surface area contributed by atoms with E-state index in [1.165, 1.54) is 0 Å². The molecule has 13 heteroatoms. The van der Waals surface area contributed by atoms with Gasteiger partial charge in [0.2, 0.25) is 0 Å². The fourth-order valence-electron chi connectivity index (χ4n) is 3.38. The third-order valence-electron chi connectivity index (χ3n) is 5.17. The molecule has 1 amide bonds. The molecule has 0 saturated carbocycles. The first-order chi connectivity index (χ1) is 14.2. The molecule has 2 aliphatic heterocycles. The van der Waals surface area contributed by atoms with Crippen LogP contribution in [0.4, 0.5) is 0 Å². The van der Waals surface area contributed by atoms with Crippen LogP contribution in [0.3, 0.4) is 0 Å². The molecule has 30 heavy (non-hydrogen) atoms. The number of aliphatic hydroxyl groups is 8. The maximum absolute atomic E-state index is 12.0. The molecule has 0 radical (unpaired) electrons. The van der Waals surface area contributed by atoms with E-state index in [0.717, 1.165) is 0 Å². The summed E-state index contributed by atoms with van der Waals surface area (Å²) in [6.07, 6.45) is -17.4. The lowest BCUT2D eigenvalue weighted by Crippen LogP contribution is -2.66. The SMILES string of the molecule is CCCNC(=O)C(O)C1O[C@H](CO)[C@@H](OC2O[C@H](CO)[C@H](O)[C@H](O)[C@H]2O)[C@H](O)[C@H]1O. The molecule has 9 N–H and O–H groups in total. The van der Waals surface area contributed by atoms with Gasteiger partial charge in [0.15, 0.2) is 12.4 Å². The number of nitrogens with one attached hydrogen (secondary N) is 1. The number of hydrogen-bond acceptors (Lipinski definition) is 12. The van der Waals surface area contributed by atoms with Crippen molar-refractivity contribution >= 4 is 5.91 Å². The van der Waals surface area contributed by atoms with Crippen LogP contribution in [-0.4, -0.2) is 134 Å². The minimum Gasteiger partial charge on any atom is -0.394 e. The molecule has 2 heterocycles. The number of hydrogen-bond donors (Lipinski definition) is 9. The molecule has 13 nitrogen and oxygen atoms in total. The van der Waals surface area contributed by atoms with Crippen LogP contribution >= 0.6 is 0 Å². The zero-order chi connectivity index (χ0) is 22.6. The molecule has 0 aromatic rings. The van der Waals surface area contributed by atoms with Crippen molar-refractivity contribution in [2.45, 2.75) is 80.7 Å². The van der Waals surface area contributed by atoms with Crippen molar-refractivity contribution in [1.82, 2.24) is 5.32 Å². The molecular formula is C17H31NO12. The van der Waals surface area contributed by atoms with Crippen molar-refractivity contribution < 1.29 is 59.9 Å². The van der Waals surface area contributed by atoms with Crippen LogP contribution in [0.5, 0.6) is 0 Å². The van der Waals surface area contributed by atoms with E-state index in [2.05, 4.69) is 5.32 Å². The quantitative estimate of drug-likeness (QED) is 0.172. The molecule has 2 rings (SSSR count). The van der Waals surface area contributed by atoms with Crippen molar-refractivity contribution in [3.05, 3.63) is 0 Å². The van der Waals surface area contributed by atoms with Crippen molar-refractivity contribution in [3.63, 3.8) is 0 Å². The molecule has 2 aliphatic rings. The Hall–Kier alpha value is -0.970. The molecule has 0 bridgehead atoms. The van der Waals surface area contributed by atoms with Gasteiger partial charge >= 0.3 is 0 Å². The first kappa shape index (κ1) is 25.3. The monoisotopic (exact) mass is 441 g/mol. The Morgan fingerprint density at radius 2 is 1.57 bits per heavy atom. The van der Waals surface area contributed by atoms with E-state index >= 15 is 0 Å². The fraction of sp³-hybridized carbons (Fsp3) is 0.941. The summed E-state index contributed by atoms with van der Waals surface area (Å²) in [5.74, 6) is -0.835. The lowest BCUT2D eigenvalue weighted by atomic mass is 9.91. The summed E-state index contributed by atoms with van der Waals surface area (Å²) in [4.78, 5) is 12.0. The summed E-state index contributed by atoms with van der Waals surface area (Å²) in [5.41, 5.74) is 0. The van der Waals surface area contributed by atoms with Gasteiger partial charge in [-0.3, -0.25) is 4.79 Å². The molecule has 3 unspecified atom stereocenters. The Morgan fingerprint density at radius 1 is 0.933 bits per heavy atom. The molecule has 0 aromatic heterocycles. The molecule has 2 saturated heterocycles. The number of ether oxygens (including phenoxy) is 3. The summed E-state index contributed by atoms with van der Waals surface area (Å²) < 4.78 is 16.0. The summed E-state index contributed by atoms with van der Waals surface area (Å²) >= 11 is 0. The lowest BCUT2D eigenvalue weighted by molar-refractivity contribution is -0.344. The molecule has 11 atom stereocenters. The summed E-state index contributed by atoms with van der Waals surface area (Å²) in [7, 11) is 0. The standard InChI is InChI=1S/C17H31NO12/c1-2-3-18-16(27)13(26)15-11(24)10(23)14(7(5-20)28-15)30-17-12(25)9(22)8(21)6(4-19)29-17/h6-15,17,19-26H,2-5H2,1H3,(H,18,27)/t6-,7-,8+,9+,10-,11-,12-,13?,14-,15?,17?/m1/s1. The second kappa shape index (κ2) is 11.1. The average Bonchev–Trinajstić information content (AvgIpc) is 2.74. The highest BCUT2D eigenvalue weighted by Gasteiger charge is 2.52. The average molecular weight is 441 g/mol. The van der Waals surface area contributed by atoms with Gasteiger partial charge in [-0.25, -0.2) is 0 Å². The third-order valence-corrected chi connectivity index (χ3v) is 5.17. The van der Waals surface area contributed by atoms with Crippen LogP contribution in [0.25, 0.3) is 0 Å². The first-order valence-electron chi connectivity index (χ1n) is 9.72. The van der Waals surface area contributed by atoms with E-state index in [0.29, 0.717) is 6.42 Å². The van der Waals surface area contributed by atoms with Crippen LogP contribution in [0.2, 0.25) is 0 Å². The Labute approximate surface area is 172 Å². The number of amides is 1. The number of carbonyl (C=O) groups is 1. The molecule has 176 valence electrons. The van der Waals surface area contributed by atoms with E-state index in [4.69, 9.17) is 14.2 Å². The van der Waals surface area contributed by atoms with Gasteiger partial charge in [-0.2, -0.15) is 0 Å². The van der Waals surface area contributed by atoms with Gasteiger partial charge in [0, 0.05) is 6.54 Å². The van der Waals surface area contributed by atoms with Crippen LogP contribution in [0.15, 0.2) is 0 Å². The van der Waals surface area contributed by atoms with Gasteiger partial charge in [-0.15, -0.1) is 0 Å². The van der Waals surface area contributed by atoms with Crippen molar-refractivity contribution in [2.24, 2.45) is 0 Å². The molecular weight excluding hydrogens is 410 g/mol. The zero-order valence-electron chi connectivity index (χ0n) is 16.4. The smallest absolute Gasteiger partial charge is 0.251 e. The minimum atomic E-state index is -1.84. The van der Waals surface area contributed by atoms with E-state index < -0.39 is 86.5 Å². The summed E-state index contributed by atoms with van der Waals surface area (Å²) in [6.45, 7) is 0.603. The van der Waals surface area contributed by atoms with Crippen LogP contribution in [-0.2, 0) is 19.0 Å². The van der Waals surface area contributed by atoms with Crippen LogP contribution in [0.1, 0.15) is 13.3 Å². The first-order valence-corrected chi connectivity index (χ1v) is 9.72. The van der Waals surface area contributed by atoms with E-state index in [1.807, 2.05) is 0 Å². The Kier molecular flexibility index (Phi) is 9.32. The lowest BCUT2D eigenvalue weighted by Gasteiger charge is -2.46. The van der Waals surface area contributed by atoms with E-state index in [9.17, 15) is 45.6 Å². The van der Waals surface area contributed by atoms with Gasteiger partial charge in [0.05, 0.1) is 13.2 Å². The summed E-state index contributed by atoms with van der Waals surface area (Å²) in [6, 6.07) is 0. The fourth-order valence-corrected chi connectivity index (χ4v) is 3.38. The van der Waals surface area contributed by atoms with Gasteiger partial charge in [-0.1, -0.05) is 6.92 Å². The maximum Gasteiger partial charge on any atom is 0.251 e. The van der Waals surface area contributed by atoms with E-state index in [1.54, 1.807) is 6.92 Å². The molecule has 2 fully saturated rings. The van der Waals surface area contributed by atoms with Crippen molar-refractivity contribution in [3.8, 4) is 0 Å². The second-order valence-corrected chi connectivity index (χ2v) is 7.34.